The van der Waals surface area contributed by atoms with Crippen molar-refractivity contribution in [3.05, 3.63) is 20.2 Å². The molecule has 0 aliphatic carbocycles. The summed E-state index contributed by atoms with van der Waals surface area (Å²) >= 11 is 8.39. The second-order valence-corrected chi connectivity index (χ2v) is 5.33. The summed E-state index contributed by atoms with van der Waals surface area (Å²) in [7, 11) is 0. The monoisotopic (exact) mass is 352 g/mol. The predicted octanol–water partition coefficient (Wildman–Crippen LogP) is 4.59. The molecule has 1 rings (SSSR count). The lowest BCUT2D eigenvalue weighted by molar-refractivity contribution is 0.595. The molecule has 1 aromatic rings. The maximum absolute atomic E-state index is 6.15. The van der Waals surface area contributed by atoms with E-state index >= 15 is 0 Å². The van der Waals surface area contributed by atoms with Crippen LogP contribution in [0.25, 0.3) is 0 Å². The van der Waals surface area contributed by atoms with Crippen molar-refractivity contribution in [1.82, 2.24) is 9.97 Å². The second-order valence-electron chi connectivity index (χ2n) is 3.90. The maximum Gasteiger partial charge on any atom is 0.146 e. The molecule has 0 unspecified atom stereocenters. The Morgan fingerprint density at radius 1 is 1.19 bits per heavy atom. The van der Waals surface area contributed by atoms with Crippen molar-refractivity contribution in [1.29, 1.82) is 0 Å². The molecule has 0 atom stereocenters. The summed E-state index contributed by atoms with van der Waals surface area (Å²) in [6, 6.07) is 0. The summed E-state index contributed by atoms with van der Waals surface area (Å²) in [5.74, 6) is 1.35. The van der Waals surface area contributed by atoms with Gasteiger partial charge in [0.05, 0.1) is 9.26 Å². The molecule has 90 valence electrons. The number of aryl methyl sites for hydroxylation is 1. The molecule has 4 heteroatoms. The molecule has 0 bridgehead atoms. The van der Waals surface area contributed by atoms with Crippen LogP contribution < -0.4 is 0 Å². The van der Waals surface area contributed by atoms with Gasteiger partial charge < -0.3 is 0 Å². The van der Waals surface area contributed by atoms with E-state index < -0.39 is 0 Å². The van der Waals surface area contributed by atoms with Gasteiger partial charge in [-0.3, -0.25) is 0 Å². The molecule has 0 aliphatic heterocycles. The molecule has 0 N–H and O–H groups in total. The van der Waals surface area contributed by atoms with Crippen LogP contribution >= 0.6 is 34.2 Å². The Bertz CT molecular complexity index is 351. The van der Waals surface area contributed by atoms with Crippen molar-refractivity contribution in [3.63, 3.8) is 0 Å². The number of aromatic nitrogens is 2. The lowest BCUT2D eigenvalue weighted by atomic mass is 10.0. The fraction of sp³-hybridized carbons (Fsp3) is 0.667. The predicted molar refractivity (Wildman–Crippen MR) is 77.1 cm³/mol. The molecular formula is C12H18ClIN2. The smallest absolute Gasteiger partial charge is 0.146 e. The number of rotatable bonds is 5. The van der Waals surface area contributed by atoms with Crippen LogP contribution in [0.4, 0.5) is 0 Å². The zero-order valence-corrected chi connectivity index (χ0v) is 13.0. The van der Waals surface area contributed by atoms with Gasteiger partial charge in [-0.25, -0.2) is 9.97 Å². The zero-order chi connectivity index (χ0) is 12.1. The van der Waals surface area contributed by atoms with Crippen LogP contribution in [0.5, 0.6) is 0 Å². The van der Waals surface area contributed by atoms with Gasteiger partial charge in [0.15, 0.2) is 0 Å². The van der Waals surface area contributed by atoms with Crippen molar-refractivity contribution < 1.29 is 0 Å². The minimum absolute atomic E-state index is 0.435. The standard InChI is InChI=1S/C12H18ClIN2/c1-4-7-9-10(14)11(13)16-12(15-9)8(5-2)6-3/h8H,4-7H2,1-3H3. The Kier molecular flexibility index (Phi) is 5.97. The van der Waals surface area contributed by atoms with Gasteiger partial charge in [-0.2, -0.15) is 0 Å². The first-order valence-electron chi connectivity index (χ1n) is 5.85. The molecule has 0 aliphatic rings. The topological polar surface area (TPSA) is 25.8 Å². The summed E-state index contributed by atoms with van der Waals surface area (Å²) in [6.07, 6.45) is 4.21. The number of halogens is 2. The average molecular weight is 353 g/mol. The van der Waals surface area contributed by atoms with Crippen molar-refractivity contribution in [2.75, 3.05) is 0 Å². The van der Waals surface area contributed by atoms with Gasteiger partial charge >= 0.3 is 0 Å². The van der Waals surface area contributed by atoms with Gasteiger partial charge in [0.1, 0.15) is 11.0 Å². The van der Waals surface area contributed by atoms with E-state index in [0.717, 1.165) is 40.8 Å². The number of hydrogen-bond acceptors (Lipinski definition) is 2. The van der Waals surface area contributed by atoms with Crippen molar-refractivity contribution in [2.24, 2.45) is 0 Å². The Balaban J connectivity index is 3.12. The summed E-state index contributed by atoms with van der Waals surface area (Å²) in [6.45, 7) is 6.49. The van der Waals surface area contributed by atoms with Gasteiger partial charge in [-0.05, 0) is 41.9 Å². The lowest BCUT2D eigenvalue weighted by Crippen LogP contribution is -2.08. The summed E-state index contributed by atoms with van der Waals surface area (Å²) < 4.78 is 1.01. The second kappa shape index (κ2) is 6.74. The summed E-state index contributed by atoms with van der Waals surface area (Å²) in [4.78, 5) is 9.07. The van der Waals surface area contributed by atoms with Crippen LogP contribution in [-0.2, 0) is 6.42 Å². The average Bonchev–Trinajstić information content (AvgIpc) is 2.27. The zero-order valence-electron chi connectivity index (χ0n) is 10.1. The fourth-order valence-corrected chi connectivity index (χ4v) is 2.43. The Morgan fingerprint density at radius 3 is 2.31 bits per heavy atom. The van der Waals surface area contributed by atoms with Crippen molar-refractivity contribution >= 4 is 34.2 Å². The van der Waals surface area contributed by atoms with Crippen LogP contribution in [0.3, 0.4) is 0 Å². The number of nitrogens with zero attached hydrogens (tertiary/aromatic N) is 2. The molecule has 0 saturated heterocycles. The van der Waals surface area contributed by atoms with Crippen LogP contribution in [0, 0.1) is 3.57 Å². The largest absolute Gasteiger partial charge is 0.236 e. The first kappa shape index (κ1) is 14.2. The van der Waals surface area contributed by atoms with E-state index in [2.05, 4.69) is 53.3 Å². The Hall–Kier alpha value is 0.100. The van der Waals surface area contributed by atoms with E-state index in [1.807, 2.05) is 0 Å². The van der Waals surface area contributed by atoms with E-state index in [4.69, 9.17) is 11.6 Å². The summed E-state index contributed by atoms with van der Waals surface area (Å²) in [5, 5.41) is 0.612. The SMILES string of the molecule is CCCc1nc(C(CC)CC)nc(Cl)c1I. The van der Waals surface area contributed by atoms with Crippen LogP contribution in [-0.4, -0.2) is 9.97 Å². The molecule has 0 spiro atoms. The highest BCUT2D eigenvalue weighted by atomic mass is 127. The third-order valence-corrected chi connectivity index (χ3v) is 4.46. The maximum atomic E-state index is 6.15. The first-order chi connectivity index (χ1) is 7.63. The van der Waals surface area contributed by atoms with E-state index in [0.29, 0.717) is 11.1 Å². The molecule has 0 aromatic carbocycles. The first-order valence-corrected chi connectivity index (χ1v) is 7.31. The minimum atomic E-state index is 0.435. The van der Waals surface area contributed by atoms with Gasteiger partial charge in [0.25, 0.3) is 0 Å². The third kappa shape index (κ3) is 3.29. The molecule has 0 radical (unpaired) electrons. The van der Waals surface area contributed by atoms with E-state index in [-0.39, 0.29) is 0 Å². The highest BCUT2D eigenvalue weighted by Gasteiger charge is 2.15. The van der Waals surface area contributed by atoms with Crippen molar-refractivity contribution in [3.8, 4) is 0 Å². The fourth-order valence-electron chi connectivity index (χ4n) is 1.72. The normalized spacial score (nSPS) is 11.1. The van der Waals surface area contributed by atoms with Gasteiger partial charge in [-0.15, -0.1) is 0 Å². The van der Waals surface area contributed by atoms with Crippen LogP contribution in [0.1, 0.15) is 57.5 Å². The van der Waals surface area contributed by atoms with Gasteiger partial charge in [0.2, 0.25) is 0 Å². The van der Waals surface area contributed by atoms with Crippen molar-refractivity contribution in [2.45, 2.75) is 52.4 Å². The molecule has 2 nitrogen and oxygen atoms in total. The highest BCUT2D eigenvalue weighted by Crippen LogP contribution is 2.25. The molecule has 0 fully saturated rings. The van der Waals surface area contributed by atoms with E-state index in [1.54, 1.807) is 0 Å². The minimum Gasteiger partial charge on any atom is -0.236 e. The molecule has 0 saturated carbocycles. The molecule has 1 aromatic heterocycles. The Labute approximate surface area is 116 Å². The van der Waals surface area contributed by atoms with Crippen LogP contribution in [0.15, 0.2) is 0 Å². The molecule has 0 amide bonds. The quantitative estimate of drug-likeness (QED) is 0.572. The summed E-state index contributed by atoms with van der Waals surface area (Å²) in [5.41, 5.74) is 1.10. The van der Waals surface area contributed by atoms with Gasteiger partial charge in [0, 0.05) is 5.92 Å². The van der Waals surface area contributed by atoms with Gasteiger partial charge in [-0.1, -0.05) is 38.8 Å². The molecule has 1 heterocycles. The lowest BCUT2D eigenvalue weighted by Gasteiger charge is -2.13. The van der Waals surface area contributed by atoms with E-state index in [1.165, 1.54) is 0 Å². The Morgan fingerprint density at radius 2 is 1.81 bits per heavy atom. The third-order valence-electron chi connectivity index (χ3n) is 2.73. The van der Waals surface area contributed by atoms with Crippen LogP contribution in [0.2, 0.25) is 5.15 Å². The number of hydrogen-bond donors (Lipinski definition) is 0. The molecular weight excluding hydrogens is 335 g/mol. The van der Waals surface area contributed by atoms with E-state index in [9.17, 15) is 0 Å². The molecule has 16 heavy (non-hydrogen) atoms. The highest BCUT2D eigenvalue weighted by molar-refractivity contribution is 14.1.